The summed E-state index contributed by atoms with van der Waals surface area (Å²) in [6.45, 7) is 0. The monoisotopic (exact) mass is 250 g/mol. The minimum absolute atomic E-state index is 0.118. The van der Waals surface area contributed by atoms with Crippen LogP contribution in [0.4, 0.5) is 0 Å². The lowest BCUT2D eigenvalue weighted by Crippen LogP contribution is -1.85. The summed E-state index contributed by atoms with van der Waals surface area (Å²) >= 11 is 0. The zero-order valence-corrected chi connectivity index (χ0v) is 10.4. The molecule has 0 saturated carbocycles. The Morgan fingerprint density at radius 3 is 2.21 bits per heavy atom. The van der Waals surface area contributed by atoms with E-state index in [9.17, 15) is 9.90 Å². The zero-order valence-electron chi connectivity index (χ0n) is 10.4. The molecule has 0 fully saturated rings. The first-order valence-electron chi connectivity index (χ1n) is 5.99. The minimum Gasteiger partial charge on any atom is -0.507 e. The molecule has 0 aliphatic carbocycles. The van der Waals surface area contributed by atoms with Gasteiger partial charge in [0.25, 0.3) is 0 Å². The number of para-hydroxylation sites is 1. The predicted octanol–water partition coefficient (Wildman–Crippen LogP) is 3.69. The third-order valence-electron chi connectivity index (χ3n) is 2.60. The number of hydrogen-bond donors (Lipinski definition) is 1. The van der Waals surface area contributed by atoms with E-state index in [1.807, 2.05) is 36.4 Å². The summed E-state index contributed by atoms with van der Waals surface area (Å²) in [5.41, 5.74) is 1.61. The first-order valence-corrected chi connectivity index (χ1v) is 5.99. The maximum absolute atomic E-state index is 11.6. The number of aromatic hydroxyl groups is 1. The molecule has 2 nitrogen and oxygen atoms in total. The normalized spacial score (nSPS) is 11.2. The second-order valence-electron chi connectivity index (χ2n) is 4.04. The van der Waals surface area contributed by atoms with Gasteiger partial charge in [-0.3, -0.25) is 4.79 Å². The molecule has 0 atom stereocenters. The van der Waals surface area contributed by atoms with Crippen LogP contribution in [0.2, 0.25) is 0 Å². The van der Waals surface area contributed by atoms with E-state index in [0.29, 0.717) is 5.56 Å². The second kappa shape index (κ2) is 6.36. The molecule has 0 bridgehead atoms. The van der Waals surface area contributed by atoms with Gasteiger partial charge >= 0.3 is 0 Å². The molecule has 0 heterocycles. The molecular formula is C17H14O2. The van der Waals surface area contributed by atoms with Crippen molar-refractivity contribution >= 4 is 17.9 Å². The van der Waals surface area contributed by atoms with E-state index >= 15 is 0 Å². The van der Waals surface area contributed by atoms with E-state index in [1.54, 1.807) is 30.4 Å². The highest BCUT2D eigenvalue weighted by molar-refractivity contribution is 6.04. The van der Waals surface area contributed by atoms with Crippen molar-refractivity contribution in [3.8, 4) is 5.75 Å². The average Bonchev–Trinajstić information content (AvgIpc) is 2.45. The van der Waals surface area contributed by atoms with Crippen molar-refractivity contribution in [2.45, 2.75) is 0 Å². The Labute approximate surface area is 112 Å². The van der Waals surface area contributed by atoms with Crippen molar-refractivity contribution < 1.29 is 9.90 Å². The SMILES string of the molecule is O=C(/C=C\c1ccccc1O)/C=C/c1ccccc1. The third kappa shape index (κ3) is 3.96. The fourth-order valence-electron chi connectivity index (χ4n) is 1.60. The van der Waals surface area contributed by atoms with E-state index in [4.69, 9.17) is 0 Å². The molecule has 0 spiro atoms. The lowest BCUT2D eigenvalue weighted by atomic mass is 10.1. The van der Waals surface area contributed by atoms with Gasteiger partial charge in [-0.25, -0.2) is 0 Å². The Balaban J connectivity index is 2.02. The smallest absolute Gasteiger partial charge is 0.178 e. The summed E-state index contributed by atoms with van der Waals surface area (Å²) in [7, 11) is 0. The van der Waals surface area contributed by atoms with Crippen LogP contribution >= 0.6 is 0 Å². The molecule has 2 aromatic rings. The molecule has 2 rings (SSSR count). The molecule has 0 aliphatic rings. The number of phenols is 1. The van der Waals surface area contributed by atoms with Gasteiger partial charge in [0, 0.05) is 5.56 Å². The van der Waals surface area contributed by atoms with Crippen LogP contribution in [-0.4, -0.2) is 10.9 Å². The van der Waals surface area contributed by atoms with Crippen molar-refractivity contribution in [3.05, 3.63) is 77.9 Å². The molecule has 0 aromatic heterocycles. The van der Waals surface area contributed by atoms with Crippen molar-refractivity contribution in [2.24, 2.45) is 0 Å². The number of ketones is 1. The van der Waals surface area contributed by atoms with Crippen LogP contribution in [0.15, 0.2) is 66.7 Å². The van der Waals surface area contributed by atoms with Crippen LogP contribution in [-0.2, 0) is 4.79 Å². The maximum atomic E-state index is 11.6. The second-order valence-corrected chi connectivity index (χ2v) is 4.04. The van der Waals surface area contributed by atoms with Gasteiger partial charge in [0.05, 0.1) is 0 Å². The van der Waals surface area contributed by atoms with Gasteiger partial charge in [-0.2, -0.15) is 0 Å². The largest absolute Gasteiger partial charge is 0.507 e. The molecule has 0 unspecified atom stereocenters. The standard InChI is InChI=1S/C17H14O2/c18-16(12-10-14-6-2-1-3-7-14)13-11-15-8-4-5-9-17(15)19/h1-13,19H/b12-10+,13-11-. The maximum Gasteiger partial charge on any atom is 0.178 e. The number of carbonyl (C=O) groups is 1. The Bertz CT molecular complexity index is 610. The van der Waals surface area contributed by atoms with E-state index in [1.165, 1.54) is 12.2 Å². The Kier molecular flexibility index (Phi) is 4.29. The first kappa shape index (κ1) is 12.8. The Morgan fingerprint density at radius 2 is 1.47 bits per heavy atom. The van der Waals surface area contributed by atoms with Crippen LogP contribution < -0.4 is 0 Å². The first-order chi connectivity index (χ1) is 9.25. The van der Waals surface area contributed by atoms with Gasteiger partial charge in [-0.15, -0.1) is 0 Å². The van der Waals surface area contributed by atoms with Gasteiger partial charge in [0.1, 0.15) is 5.75 Å². The van der Waals surface area contributed by atoms with Crippen molar-refractivity contribution in [3.63, 3.8) is 0 Å². The molecule has 19 heavy (non-hydrogen) atoms. The fourth-order valence-corrected chi connectivity index (χ4v) is 1.60. The Hall–Kier alpha value is -2.61. The molecule has 94 valence electrons. The summed E-state index contributed by atoms with van der Waals surface area (Å²) < 4.78 is 0. The highest BCUT2D eigenvalue weighted by Crippen LogP contribution is 2.16. The lowest BCUT2D eigenvalue weighted by molar-refractivity contribution is -0.110. The van der Waals surface area contributed by atoms with Crippen LogP contribution in [0.3, 0.4) is 0 Å². The van der Waals surface area contributed by atoms with Gasteiger partial charge in [-0.1, -0.05) is 54.6 Å². The van der Waals surface area contributed by atoms with Gasteiger partial charge in [0.2, 0.25) is 0 Å². The number of rotatable bonds is 4. The molecule has 0 saturated heterocycles. The summed E-state index contributed by atoms with van der Waals surface area (Å²) in [6.07, 6.45) is 6.31. The molecule has 2 aromatic carbocycles. The van der Waals surface area contributed by atoms with Crippen LogP contribution in [0, 0.1) is 0 Å². The van der Waals surface area contributed by atoms with Gasteiger partial charge in [0.15, 0.2) is 5.78 Å². The Morgan fingerprint density at radius 1 is 0.842 bits per heavy atom. The van der Waals surface area contributed by atoms with E-state index in [0.717, 1.165) is 5.56 Å². The summed E-state index contributed by atoms with van der Waals surface area (Å²) in [6, 6.07) is 16.5. The minimum atomic E-state index is -0.118. The summed E-state index contributed by atoms with van der Waals surface area (Å²) in [4.78, 5) is 11.6. The number of allylic oxidation sites excluding steroid dienone is 2. The average molecular weight is 250 g/mol. The topological polar surface area (TPSA) is 37.3 Å². The van der Waals surface area contributed by atoms with Gasteiger partial charge < -0.3 is 5.11 Å². The quantitative estimate of drug-likeness (QED) is 0.840. The molecule has 2 heteroatoms. The highest BCUT2D eigenvalue weighted by atomic mass is 16.3. The number of hydrogen-bond acceptors (Lipinski definition) is 2. The lowest BCUT2D eigenvalue weighted by Gasteiger charge is -1.96. The number of benzene rings is 2. The fraction of sp³-hybridized carbons (Fsp3) is 0. The van der Waals surface area contributed by atoms with Gasteiger partial charge in [-0.05, 0) is 29.9 Å². The van der Waals surface area contributed by atoms with Crippen LogP contribution in [0.5, 0.6) is 5.75 Å². The third-order valence-corrected chi connectivity index (χ3v) is 2.60. The number of phenolic OH excluding ortho intramolecular Hbond substituents is 1. The number of carbonyl (C=O) groups excluding carboxylic acids is 1. The molecule has 0 amide bonds. The molecule has 0 radical (unpaired) electrons. The van der Waals surface area contributed by atoms with E-state index in [2.05, 4.69) is 0 Å². The summed E-state index contributed by atoms with van der Waals surface area (Å²) in [5, 5.41) is 9.55. The highest BCUT2D eigenvalue weighted by Gasteiger charge is 1.95. The predicted molar refractivity (Wildman–Crippen MR) is 77.6 cm³/mol. The van der Waals surface area contributed by atoms with E-state index in [-0.39, 0.29) is 11.5 Å². The van der Waals surface area contributed by atoms with E-state index < -0.39 is 0 Å². The van der Waals surface area contributed by atoms with Crippen LogP contribution in [0.1, 0.15) is 11.1 Å². The van der Waals surface area contributed by atoms with Crippen molar-refractivity contribution in [1.82, 2.24) is 0 Å². The van der Waals surface area contributed by atoms with Crippen molar-refractivity contribution in [2.75, 3.05) is 0 Å². The van der Waals surface area contributed by atoms with Crippen LogP contribution in [0.25, 0.3) is 12.2 Å². The molecule has 0 aliphatic heterocycles. The zero-order chi connectivity index (χ0) is 13.5. The molecule has 1 N–H and O–H groups in total. The summed E-state index contributed by atoms with van der Waals surface area (Å²) in [5.74, 6) is 0.0469. The van der Waals surface area contributed by atoms with Crippen molar-refractivity contribution in [1.29, 1.82) is 0 Å². The molecular weight excluding hydrogens is 236 g/mol.